The number of aromatic nitrogens is 2. The Balaban J connectivity index is 2.88. The first-order valence-electron chi connectivity index (χ1n) is 4.29. The van der Waals surface area contributed by atoms with Gasteiger partial charge in [-0.3, -0.25) is 4.79 Å². The van der Waals surface area contributed by atoms with Gasteiger partial charge in [-0.25, -0.2) is 4.98 Å². The van der Waals surface area contributed by atoms with E-state index in [1.165, 1.54) is 13.0 Å². The van der Waals surface area contributed by atoms with E-state index in [9.17, 15) is 9.90 Å². The number of fused-ring (bicyclic) bond motifs is 1. The van der Waals surface area contributed by atoms with Crippen molar-refractivity contribution in [1.29, 1.82) is 0 Å². The first kappa shape index (κ1) is 8.74. The second-order valence-electron chi connectivity index (χ2n) is 3.23. The average Bonchev–Trinajstić information content (AvgIpc) is 2.43. The predicted octanol–water partition coefficient (Wildman–Crippen LogP) is 1.78. The third-order valence-corrected chi connectivity index (χ3v) is 2.10. The molecule has 0 spiro atoms. The number of ketones is 1. The zero-order valence-electron chi connectivity index (χ0n) is 7.96. The summed E-state index contributed by atoms with van der Waals surface area (Å²) in [6, 6.07) is 3.20. The van der Waals surface area contributed by atoms with Crippen LogP contribution < -0.4 is 0 Å². The summed E-state index contributed by atoms with van der Waals surface area (Å²) < 4.78 is 0. The van der Waals surface area contributed by atoms with Crippen molar-refractivity contribution >= 4 is 16.8 Å². The van der Waals surface area contributed by atoms with Crippen molar-refractivity contribution in [3.63, 3.8) is 0 Å². The SMILES string of the molecule is CC(=O)c1c(O)ccc2[nH]c(C)nc12. The molecule has 0 fully saturated rings. The number of carbonyl (C=O) groups is 1. The highest BCUT2D eigenvalue weighted by atomic mass is 16.3. The number of nitrogens with zero attached hydrogens (tertiary/aromatic N) is 1. The minimum Gasteiger partial charge on any atom is -0.507 e. The summed E-state index contributed by atoms with van der Waals surface area (Å²) in [5.74, 6) is 0.532. The van der Waals surface area contributed by atoms with Gasteiger partial charge in [0.05, 0.1) is 11.1 Å². The van der Waals surface area contributed by atoms with Crippen LogP contribution in [0.4, 0.5) is 0 Å². The highest BCUT2D eigenvalue weighted by molar-refractivity contribution is 6.07. The number of aromatic amines is 1. The van der Waals surface area contributed by atoms with E-state index in [2.05, 4.69) is 9.97 Å². The molecule has 0 bridgehead atoms. The molecule has 0 saturated carbocycles. The molecule has 0 radical (unpaired) electrons. The Morgan fingerprint density at radius 1 is 1.50 bits per heavy atom. The normalized spacial score (nSPS) is 10.7. The fraction of sp³-hybridized carbons (Fsp3) is 0.200. The second kappa shape index (κ2) is 2.83. The number of Topliss-reactive ketones (excluding diaryl/α,β-unsaturated/α-hetero) is 1. The Hall–Kier alpha value is -1.84. The molecule has 14 heavy (non-hydrogen) atoms. The first-order valence-corrected chi connectivity index (χ1v) is 4.29. The van der Waals surface area contributed by atoms with Crippen LogP contribution in [0.1, 0.15) is 23.1 Å². The smallest absolute Gasteiger partial charge is 0.165 e. The Labute approximate surface area is 80.6 Å². The molecular formula is C10H10N2O2. The number of aryl methyl sites for hydroxylation is 1. The quantitative estimate of drug-likeness (QED) is 0.673. The maximum atomic E-state index is 11.3. The van der Waals surface area contributed by atoms with Crippen molar-refractivity contribution in [3.8, 4) is 5.75 Å². The molecule has 0 aliphatic heterocycles. The lowest BCUT2D eigenvalue weighted by Gasteiger charge is -1.99. The van der Waals surface area contributed by atoms with E-state index in [0.717, 1.165) is 11.3 Å². The van der Waals surface area contributed by atoms with Crippen molar-refractivity contribution in [2.45, 2.75) is 13.8 Å². The maximum Gasteiger partial charge on any atom is 0.165 e. The topological polar surface area (TPSA) is 66.0 Å². The largest absolute Gasteiger partial charge is 0.507 e. The lowest BCUT2D eigenvalue weighted by molar-refractivity contribution is 0.101. The number of nitrogens with one attached hydrogen (secondary N) is 1. The molecule has 0 aliphatic carbocycles. The van der Waals surface area contributed by atoms with Crippen molar-refractivity contribution in [2.24, 2.45) is 0 Å². The molecule has 0 unspecified atom stereocenters. The van der Waals surface area contributed by atoms with Gasteiger partial charge < -0.3 is 10.1 Å². The van der Waals surface area contributed by atoms with Gasteiger partial charge >= 0.3 is 0 Å². The van der Waals surface area contributed by atoms with Gasteiger partial charge in [0.15, 0.2) is 5.78 Å². The molecule has 0 aliphatic rings. The number of H-pyrrole nitrogens is 1. The molecule has 1 heterocycles. The van der Waals surface area contributed by atoms with Gasteiger partial charge in [0.25, 0.3) is 0 Å². The molecule has 2 rings (SSSR count). The third-order valence-electron chi connectivity index (χ3n) is 2.10. The number of imidazole rings is 1. The van der Waals surface area contributed by atoms with Crippen molar-refractivity contribution in [2.75, 3.05) is 0 Å². The molecule has 2 N–H and O–H groups in total. The first-order chi connectivity index (χ1) is 6.59. The fourth-order valence-electron chi connectivity index (χ4n) is 1.54. The van der Waals surface area contributed by atoms with E-state index in [1.54, 1.807) is 13.0 Å². The molecule has 4 heteroatoms. The van der Waals surface area contributed by atoms with Crippen molar-refractivity contribution in [1.82, 2.24) is 9.97 Å². The predicted molar refractivity (Wildman–Crippen MR) is 52.5 cm³/mol. The van der Waals surface area contributed by atoms with Crippen LogP contribution in [-0.2, 0) is 0 Å². The lowest BCUT2D eigenvalue weighted by Crippen LogP contribution is -1.94. The number of phenolic OH excluding ortho intramolecular Hbond substituents is 1. The summed E-state index contributed by atoms with van der Waals surface area (Å²) >= 11 is 0. The fourth-order valence-corrected chi connectivity index (χ4v) is 1.54. The molecule has 1 aromatic carbocycles. The summed E-state index contributed by atoms with van der Waals surface area (Å²) in [6.45, 7) is 3.22. The van der Waals surface area contributed by atoms with Gasteiger partial charge in [0.1, 0.15) is 17.1 Å². The Bertz CT molecular complexity index is 514. The molecule has 1 aromatic heterocycles. The highest BCUT2D eigenvalue weighted by Gasteiger charge is 2.13. The van der Waals surface area contributed by atoms with Crippen LogP contribution in [0.15, 0.2) is 12.1 Å². The van der Waals surface area contributed by atoms with Crippen LogP contribution >= 0.6 is 0 Å². The summed E-state index contributed by atoms with van der Waals surface area (Å²) in [5.41, 5.74) is 1.59. The van der Waals surface area contributed by atoms with Gasteiger partial charge in [-0.05, 0) is 26.0 Å². The van der Waals surface area contributed by atoms with Crippen molar-refractivity contribution < 1.29 is 9.90 Å². The van der Waals surface area contributed by atoms with Crippen LogP contribution in [0.25, 0.3) is 11.0 Å². The number of hydrogen-bond donors (Lipinski definition) is 2. The molecule has 4 nitrogen and oxygen atoms in total. The Kier molecular flexibility index (Phi) is 1.77. The van der Waals surface area contributed by atoms with E-state index in [4.69, 9.17) is 0 Å². The van der Waals surface area contributed by atoms with E-state index in [1.807, 2.05) is 0 Å². The van der Waals surface area contributed by atoms with Crippen LogP contribution in [0.2, 0.25) is 0 Å². The zero-order chi connectivity index (χ0) is 10.3. The summed E-state index contributed by atoms with van der Waals surface area (Å²) in [6.07, 6.45) is 0. The van der Waals surface area contributed by atoms with E-state index in [0.29, 0.717) is 5.52 Å². The van der Waals surface area contributed by atoms with E-state index < -0.39 is 0 Å². The summed E-state index contributed by atoms with van der Waals surface area (Å²) in [7, 11) is 0. The molecule has 0 amide bonds. The highest BCUT2D eigenvalue weighted by Crippen LogP contribution is 2.25. The lowest BCUT2D eigenvalue weighted by atomic mass is 10.1. The van der Waals surface area contributed by atoms with Gasteiger partial charge in [-0.1, -0.05) is 0 Å². The number of carbonyl (C=O) groups excluding carboxylic acids is 1. The Morgan fingerprint density at radius 3 is 2.86 bits per heavy atom. The maximum absolute atomic E-state index is 11.3. The molecule has 0 saturated heterocycles. The number of rotatable bonds is 1. The van der Waals surface area contributed by atoms with E-state index >= 15 is 0 Å². The molecule has 2 aromatic rings. The van der Waals surface area contributed by atoms with Gasteiger partial charge in [0, 0.05) is 0 Å². The number of aromatic hydroxyl groups is 1. The number of benzene rings is 1. The van der Waals surface area contributed by atoms with Crippen LogP contribution in [0.5, 0.6) is 5.75 Å². The number of hydrogen-bond acceptors (Lipinski definition) is 3. The monoisotopic (exact) mass is 190 g/mol. The van der Waals surface area contributed by atoms with E-state index in [-0.39, 0.29) is 17.1 Å². The third kappa shape index (κ3) is 1.16. The summed E-state index contributed by atoms with van der Waals surface area (Å²) in [5, 5.41) is 9.51. The average molecular weight is 190 g/mol. The summed E-state index contributed by atoms with van der Waals surface area (Å²) in [4.78, 5) is 18.4. The standard InChI is InChI=1S/C10H10N2O2/c1-5(13)9-8(14)4-3-7-10(9)12-6(2)11-7/h3-4,14H,1-2H3,(H,11,12). The van der Waals surface area contributed by atoms with Gasteiger partial charge in [0.2, 0.25) is 0 Å². The minimum absolute atomic E-state index is 0.0171. The van der Waals surface area contributed by atoms with Crippen molar-refractivity contribution in [3.05, 3.63) is 23.5 Å². The van der Waals surface area contributed by atoms with Crippen LogP contribution in [0, 0.1) is 6.92 Å². The minimum atomic E-state index is -0.181. The molecule has 72 valence electrons. The van der Waals surface area contributed by atoms with Crippen LogP contribution in [0.3, 0.4) is 0 Å². The van der Waals surface area contributed by atoms with Gasteiger partial charge in [-0.2, -0.15) is 0 Å². The Morgan fingerprint density at radius 2 is 2.21 bits per heavy atom. The van der Waals surface area contributed by atoms with Crippen LogP contribution in [-0.4, -0.2) is 20.9 Å². The second-order valence-corrected chi connectivity index (χ2v) is 3.23. The molecular weight excluding hydrogens is 180 g/mol. The molecule has 0 atom stereocenters. The zero-order valence-corrected chi connectivity index (χ0v) is 7.96. The van der Waals surface area contributed by atoms with Gasteiger partial charge in [-0.15, -0.1) is 0 Å². The number of phenols is 1.